The van der Waals surface area contributed by atoms with Gasteiger partial charge in [0, 0.05) is 34.5 Å². The first-order valence-corrected chi connectivity index (χ1v) is 12.1. The van der Waals surface area contributed by atoms with Crippen LogP contribution in [-0.4, -0.2) is 16.9 Å². The van der Waals surface area contributed by atoms with Crippen LogP contribution in [0.1, 0.15) is 22.4 Å². The molecule has 0 fully saturated rings. The van der Waals surface area contributed by atoms with Crippen LogP contribution in [0.4, 0.5) is 46.4 Å². The third-order valence-electron chi connectivity index (χ3n) is 6.04. The smallest absolute Gasteiger partial charge is 0.362 e. The molecule has 0 radical (unpaired) electrons. The van der Waals surface area contributed by atoms with E-state index in [2.05, 4.69) is 26.3 Å². The Morgan fingerprint density at radius 2 is 1.69 bits per heavy atom. The van der Waals surface area contributed by atoms with Crippen molar-refractivity contribution < 1.29 is 22.8 Å². The number of nitrogens with one attached hydrogen (secondary N) is 5. The number of rotatable bonds is 5. The summed E-state index contributed by atoms with van der Waals surface area (Å²) in [5.74, 6) is -0.203. The molecule has 1 aromatic heterocycles. The lowest BCUT2D eigenvalue weighted by Crippen LogP contribution is -2.20. The second-order valence-electron chi connectivity index (χ2n) is 8.82. The van der Waals surface area contributed by atoms with Crippen LogP contribution in [0.3, 0.4) is 0 Å². The summed E-state index contributed by atoms with van der Waals surface area (Å²) < 4.78 is 39.1. The van der Waals surface area contributed by atoms with Crippen molar-refractivity contribution in [2.45, 2.75) is 13.1 Å². The van der Waals surface area contributed by atoms with Crippen LogP contribution in [0.25, 0.3) is 11.6 Å². The highest BCUT2D eigenvalue weighted by Crippen LogP contribution is 2.36. The lowest BCUT2D eigenvalue weighted by molar-refractivity contribution is -0.137. The molecule has 0 atom stereocenters. The van der Waals surface area contributed by atoms with Crippen molar-refractivity contribution in [3.05, 3.63) is 100 Å². The molecule has 0 spiro atoms. The number of amides is 3. The number of fused-ring (bicyclic) bond motifs is 1. The zero-order valence-electron chi connectivity index (χ0n) is 20.3. The number of hydrogen-bond donors (Lipinski definition) is 5. The highest BCUT2D eigenvalue weighted by molar-refractivity contribution is 6.35. The number of alkyl halides is 3. The monoisotopic (exact) mass is 551 g/mol. The first-order chi connectivity index (χ1) is 18.6. The van der Waals surface area contributed by atoms with Crippen molar-refractivity contribution in [2.24, 2.45) is 0 Å². The fourth-order valence-corrected chi connectivity index (χ4v) is 4.24. The van der Waals surface area contributed by atoms with E-state index in [0.29, 0.717) is 28.3 Å². The predicted octanol–water partition coefficient (Wildman–Crippen LogP) is 7.88. The fourth-order valence-electron chi connectivity index (χ4n) is 4.08. The molecule has 0 saturated heterocycles. The third-order valence-corrected chi connectivity index (χ3v) is 6.37. The van der Waals surface area contributed by atoms with Crippen molar-refractivity contribution in [1.29, 1.82) is 0 Å². The molecule has 2 heterocycles. The Morgan fingerprint density at radius 3 is 2.44 bits per heavy atom. The van der Waals surface area contributed by atoms with Crippen LogP contribution < -0.4 is 21.3 Å². The number of aromatic nitrogens is 1. The number of carbonyl (C=O) groups excluding carboxylic acids is 2. The molecular formula is C28H21ClF3N5O2. The Labute approximate surface area is 226 Å². The number of H-pyrrole nitrogens is 1. The molecule has 0 aliphatic carbocycles. The second kappa shape index (κ2) is 10.2. The van der Waals surface area contributed by atoms with Gasteiger partial charge in [0.05, 0.1) is 27.5 Å². The largest absolute Gasteiger partial charge is 0.416 e. The number of carbonyl (C=O) groups is 2. The van der Waals surface area contributed by atoms with E-state index in [1.54, 1.807) is 37.4 Å². The van der Waals surface area contributed by atoms with Crippen molar-refractivity contribution >= 4 is 63.6 Å². The number of hydrogen-bond acceptors (Lipinski definition) is 3. The molecular weight excluding hydrogens is 531 g/mol. The molecule has 3 amide bonds. The predicted molar refractivity (Wildman–Crippen MR) is 147 cm³/mol. The number of urea groups is 1. The van der Waals surface area contributed by atoms with Crippen LogP contribution in [0.15, 0.2) is 72.9 Å². The van der Waals surface area contributed by atoms with Gasteiger partial charge in [-0.25, -0.2) is 4.79 Å². The van der Waals surface area contributed by atoms with Crippen molar-refractivity contribution in [3.63, 3.8) is 0 Å². The normalized spacial score (nSPS) is 13.7. The molecule has 39 heavy (non-hydrogen) atoms. The van der Waals surface area contributed by atoms with Gasteiger partial charge in [0.25, 0.3) is 5.91 Å². The number of halogens is 4. The van der Waals surface area contributed by atoms with Gasteiger partial charge in [0.2, 0.25) is 0 Å². The van der Waals surface area contributed by atoms with Crippen LogP contribution in [0.2, 0.25) is 5.02 Å². The maximum absolute atomic E-state index is 13.0. The zero-order valence-corrected chi connectivity index (χ0v) is 21.1. The lowest BCUT2D eigenvalue weighted by atomic mass is 10.1. The second-order valence-corrected chi connectivity index (χ2v) is 9.23. The lowest BCUT2D eigenvalue weighted by Gasteiger charge is -2.15. The fraction of sp³-hybridized carbons (Fsp3) is 0.0714. The molecule has 5 rings (SSSR count). The van der Waals surface area contributed by atoms with Crippen molar-refractivity contribution in [2.75, 3.05) is 21.3 Å². The minimum Gasteiger partial charge on any atom is -0.362 e. The highest BCUT2D eigenvalue weighted by atomic mass is 35.5. The van der Waals surface area contributed by atoms with E-state index in [1.165, 1.54) is 0 Å². The van der Waals surface area contributed by atoms with Crippen LogP contribution in [-0.2, 0) is 11.0 Å². The molecule has 11 heteroatoms. The van der Waals surface area contributed by atoms with Crippen LogP contribution in [0.5, 0.6) is 0 Å². The van der Waals surface area contributed by atoms with Crippen molar-refractivity contribution in [1.82, 2.24) is 4.98 Å². The molecule has 198 valence electrons. The molecule has 5 N–H and O–H groups in total. The highest BCUT2D eigenvalue weighted by Gasteiger charge is 2.31. The molecule has 0 bridgehead atoms. The van der Waals surface area contributed by atoms with Gasteiger partial charge in [-0.05, 0) is 73.2 Å². The topological polar surface area (TPSA) is 98.0 Å². The average molecular weight is 552 g/mol. The Morgan fingerprint density at radius 1 is 0.949 bits per heavy atom. The van der Waals surface area contributed by atoms with E-state index in [-0.39, 0.29) is 16.6 Å². The summed E-state index contributed by atoms with van der Waals surface area (Å²) in [5, 5.41) is 11.1. The maximum atomic E-state index is 13.0. The van der Waals surface area contributed by atoms with Gasteiger partial charge in [-0.15, -0.1) is 0 Å². The molecule has 3 aromatic carbocycles. The van der Waals surface area contributed by atoms with E-state index in [0.717, 1.165) is 35.0 Å². The molecule has 4 aromatic rings. The minimum absolute atomic E-state index is 0.0279. The number of aryl methyl sites for hydroxylation is 1. The molecule has 1 aliphatic rings. The Balaban J connectivity index is 1.31. The van der Waals surface area contributed by atoms with Gasteiger partial charge < -0.3 is 26.3 Å². The summed E-state index contributed by atoms with van der Waals surface area (Å²) in [4.78, 5) is 28.2. The summed E-state index contributed by atoms with van der Waals surface area (Å²) in [5.41, 5.74) is 4.20. The van der Waals surface area contributed by atoms with Crippen molar-refractivity contribution in [3.8, 4) is 0 Å². The van der Waals surface area contributed by atoms with Gasteiger partial charge in [-0.2, -0.15) is 13.2 Å². The summed E-state index contributed by atoms with van der Waals surface area (Å²) in [6, 6.07) is 16.4. The number of anilines is 5. The van der Waals surface area contributed by atoms with Gasteiger partial charge in [-0.1, -0.05) is 23.7 Å². The third kappa shape index (κ3) is 5.75. The standard InChI is InChI=1S/C28H21ClF3N5O2/c1-15-4-6-18(13-23(15)36-27(39)37-25-11-16(28(30,31)32)5-9-22(25)29)34-19-7-8-20-21(12-17-3-2-10-33-17)26(38)35-24(20)14-19/h2-14,33-34H,1H3,(H,35,38)(H2,36,37,39). The minimum atomic E-state index is -4.57. The quantitative estimate of drug-likeness (QED) is 0.163. The first kappa shape index (κ1) is 25.9. The number of benzene rings is 3. The molecule has 0 saturated carbocycles. The van der Waals surface area contributed by atoms with E-state index in [1.807, 2.05) is 30.3 Å². The summed E-state index contributed by atoms with van der Waals surface area (Å²) >= 11 is 5.98. The summed E-state index contributed by atoms with van der Waals surface area (Å²) in [6.07, 6.45) is -1.01. The Bertz CT molecular complexity index is 1610. The molecule has 1 aliphatic heterocycles. The maximum Gasteiger partial charge on any atom is 0.416 e. The van der Waals surface area contributed by atoms with Gasteiger partial charge >= 0.3 is 12.2 Å². The van der Waals surface area contributed by atoms with Crippen LogP contribution >= 0.6 is 11.6 Å². The van der Waals surface area contributed by atoms with Gasteiger partial charge in [0.1, 0.15) is 0 Å². The molecule has 7 nitrogen and oxygen atoms in total. The first-order valence-electron chi connectivity index (χ1n) is 11.7. The van der Waals surface area contributed by atoms with E-state index in [9.17, 15) is 22.8 Å². The average Bonchev–Trinajstić information content (AvgIpc) is 3.49. The van der Waals surface area contributed by atoms with E-state index >= 15 is 0 Å². The zero-order chi connectivity index (χ0) is 27.7. The van der Waals surface area contributed by atoms with Gasteiger partial charge in [-0.3, -0.25) is 4.79 Å². The summed E-state index contributed by atoms with van der Waals surface area (Å²) in [7, 11) is 0. The van der Waals surface area contributed by atoms with Gasteiger partial charge in [0.15, 0.2) is 0 Å². The van der Waals surface area contributed by atoms with Crippen LogP contribution in [0, 0.1) is 6.92 Å². The SMILES string of the molecule is Cc1ccc(Nc2ccc3c(c2)NC(=O)C3=Cc2ccc[nH]2)cc1NC(=O)Nc1cc(C(F)(F)F)ccc1Cl. The summed E-state index contributed by atoms with van der Waals surface area (Å²) in [6.45, 7) is 1.78. The Hall–Kier alpha value is -4.70. The van der Waals surface area contributed by atoms with E-state index in [4.69, 9.17) is 11.6 Å². The molecule has 0 unspecified atom stereocenters. The number of aromatic amines is 1. The van der Waals surface area contributed by atoms with E-state index < -0.39 is 17.8 Å². The Kier molecular flexibility index (Phi) is 6.80.